The van der Waals surface area contributed by atoms with Crippen LogP contribution in [0.3, 0.4) is 0 Å². The zero-order chi connectivity index (χ0) is 14.6. The average Bonchev–Trinajstić information content (AvgIpc) is 3.13. The molecule has 0 aliphatic heterocycles. The first kappa shape index (κ1) is 14.8. The summed E-state index contributed by atoms with van der Waals surface area (Å²) in [7, 11) is -3.51. The number of nitrogens with two attached hydrogens (primary N) is 1. The summed E-state index contributed by atoms with van der Waals surface area (Å²) >= 11 is 0. The van der Waals surface area contributed by atoms with E-state index in [0.717, 1.165) is 18.4 Å². The van der Waals surface area contributed by atoms with E-state index in [0.29, 0.717) is 0 Å². The number of alkyl carbamates (subject to hydrolysis) is 1. The van der Waals surface area contributed by atoms with Crippen molar-refractivity contribution in [3.63, 3.8) is 0 Å². The third-order valence-corrected chi connectivity index (χ3v) is 4.30. The SMILES string of the molecule is NS(=O)(=O)CC1(CNC(=O)OCc2ccccc2)CC1. The fourth-order valence-electron chi connectivity index (χ4n) is 2.01. The molecule has 0 unspecified atom stereocenters. The monoisotopic (exact) mass is 298 g/mol. The molecule has 1 aromatic rings. The van der Waals surface area contributed by atoms with Crippen LogP contribution in [-0.4, -0.2) is 26.8 Å². The molecule has 0 atom stereocenters. The standard InChI is InChI=1S/C13H18N2O4S/c14-20(17,18)10-13(6-7-13)9-15-12(16)19-8-11-4-2-1-3-5-11/h1-5H,6-10H2,(H,15,16)(H2,14,17,18). The third-order valence-electron chi connectivity index (χ3n) is 3.28. The van der Waals surface area contributed by atoms with Crippen LogP contribution in [0.4, 0.5) is 4.79 Å². The van der Waals surface area contributed by atoms with Gasteiger partial charge in [0.1, 0.15) is 6.61 Å². The van der Waals surface area contributed by atoms with Crippen molar-refractivity contribution in [2.75, 3.05) is 12.3 Å². The van der Waals surface area contributed by atoms with E-state index in [-0.39, 0.29) is 18.9 Å². The van der Waals surface area contributed by atoms with Crippen LogP contribution in [0.25, 0.3) is 0 Å². The van der Waals surface area contributed by atoms with E-state index >= 15 is 0 Å². The largest absolute Gasteiger partial charge is 0.445 e. The second kappa shape index (κ2) is 5.80. The van der Waals surface area contributed by atoms with Crippen LogP contribution in [0.5, 0.6) is 0 Å². The molecule has 0 radical (unpaired) electrons. The molecule has 20 heavy (non-hydrogen) atoms. The van der Waals surface area contributed by atoms with Crippen LogP contribution in [-0.2, 0) is 21.4 Å². The first-order chi connectivity index (χ1) is 9.39. The molecule has 1 aliphatic carbocycles. The highest BCUT2D eigenvalue weighted by Gasteiger charge is 2.45. The van der Waals surface area contributed by atoms with Crippen LogP contribution in [0.2, 0.25) is 0 Å². The quantitative estimate of drug-likeness (QED) is 0.818. The number of nitrogens with one attached hydrogen (secondary N) is 1. The minimum atomic E-state index is -3.51. The average molecular weight is 298 g/mol. The number of ether oxygens (including phenoxy) is 1. The Bertz CT molecular complexity index is 567. The number of primary sulfonamides is 1. The number of carbonyl (C=O) groups is 1. The van der Waals surface area contributed by atoms with Gasteiger partial charge in [-0.05, 0) is 18.4 Å². The Morgan fingerprint density at radius 1 is 1.30 bits per heavy atom. The molecule has 1 fully saturated rings. The minimum Gasteiger partial charge on any atom is -0.445 e. The number of rotatable bonds is 6. The van der Waals surface area contributed by atoms with Crippen molar-refractivity contribution in [1.29, 1.82) is 0 Å². The molecule has 3 N–H and O–H groups in total. The summed E-state index contributed by atoms with van der Waals surface area (Å²) in [6, 6.07) is 9.32. The van der Waals surface area contributed by atoms with Crippen molar-refractivity contribution in [3.8, 4) is 0 Å². The van der Waals surface area contributed by atoms with Crippen LogP contribution < -0.4 is 10.5 Å². The Labute approximate surface area is 118 Å². The summed E-state index contributed by atoms with van der Waals surface area (Å²) in [6.07, 6.45) is 0.958. The number of benzene rings is 1. The van der Waals surface area contributed by atoms with Crippen molar-refractivity contribution in [3.05, 3.63) is 35.9 Å². The highest BCUT2D eigenvalue weighted by molar-refractivity contribution is 7.89. The van der Waals surface area contributed by atoms with Gasteiger partial charge < -0.3 is 10.1 Å². The molecular weight excluding hydrogens is 280 g/mol. The van der Waals surface area contributed by atoms with E-state index in [1.54, 1.807) is 0 Å². The van der Waals surface area contributed by atoms with Gasteiger partial charge >= 0.3 is 6.09 Å². The molecule has 7 heteroatoms. The maximum atomic E-state index is 11.5. The zero-order valence-electron chi connectivity index (χ0n) is 11.0. The van der Waals surface area contributed by atoms with Gasteiger partial charge in [0.2, 0.25) is 10.0 Å². The van der Waals surface area contributed by atoms with Gasteiger partial charge in [-0.25, -0.2) is 18.4 Å². The van der Waals surface area contributed by atoms with E-state index in [1.165, 1.54) is 0 Å². The molecule has 1 aliphatic rings. The Morgan fingerprint density at radius 3 is 2.50 bits per heavy atom. The number of hydrogen-bond acceptors (Lipinski definition) is 4. The smallest absolute Gasteiger partial charge is 0.407 e. The predicted molar refractivity (Wildman–Crippen MR) is 74.3 cm³/mol. The lowest BCUT2D eigenvalue weighted by molar-refractivity contribution is 0.138. The molecule has 0 heterocycles. The number of sulfonamides is 1. The Morgan fingerprint density at radius 2 is 1.95 bits per heavy atom. The topological polar surface area (TPSA) is 98.5 Å². The summed E-state index contributed by atoms with van der Waals surface area (Å²) in [5, 5.41) is 7.63. The molecule has 0 aromatic heterocycles. The van der Waals surface area contributed by atoms with Crippen molar-refractivity contribution in [1.82, 2.24) is 5.32 Å². The molecular formula is C13H18N2O4S. The summed E-state index contributed by atoms with van der Waals surface area (Å²) < 4.78 is 27.2. The highest BCUT2D eigenvalue weighted by Crippen LogP contribution is 2.45. The molecule has 6 nitrogen and oxygen atoms in total. The highest BCUT2D eigenvalue weighted by atomic mass is 32.2. The van der Waals surface area contributed by atoms with Gasteiger partial charge in [-0.15, -0.1) is 0 Å². The van der Waals surface area contributed by atoms with Crippen molar-refractivity contribution < 1.29 is 17.9 Å². The maximum Gasteiger partial charge on any atom is 0.407 e. The van der Waals surface area contributed by atoms with Crippen molar-refractivity contribution in [2.45, 2.75) is 19.4 Å². The number of hydrogen-bond donors (Lipinski definition) is 2. The normalized spacial score (nSPS) is 16.4. The van der Waals surface area contributed by atoms with E-state index in [4.69, 9.17) is 9.88 Å². The van der Waals surface area contributed by atoms with Crippen molar-refractivity contribution >= 4 is 16.1 Å². The lowest BCUT2D eigenvalue weighted by Gasteiger charge is -2.14. The van der Waals surface area contributed by atoms with Crippen LogP contribution in [0.1, 0.15) is 18.4 Å². The number of amides is 1. The second-order valence-corrected chi connectivity index (χ2v) is 6.84. The van der Waals surface area contributed by atoms with Gasteiger partial charge in [0.05, 0.1) is 5.75 Å². The summed E-state index contributed by atoms with van der Waals surface area (Å²) in [4.78, 5) is 11.5. The van der Waals surface area contributed by atoms with Gasteiger partial charge in [0, 0.05) is 12.0 Å². The molecule has 1 amide bonds. The van der Waals surface area contributed by atoms with Crippen molar-refractivity contribution in [2.24, 2.45) is 10.6 Å². The van der Waals surface area contributed by atoms with Crippen LogP contribution >= 0.6 is 0 Å². The summed E-state index contributed by atoms with van der Waals surface area (Å²) in [5.41, 5.74) is 0.493. The van der Waals surface area contributed by atoms with Crippen LogP contribution in [0, 0.1) is 5.41 Å². The van der Waals surface area contributed by atoms with Gasteiger partial charge in [0.25, 0.3) is 0 Å². The Balaban J connectivity index is 1.73. The zero-order valence-corrected chi connectivity index (χ0v) is 11.9. The minimum absolute atomic E-state index is 0.0982. The first-order valence-corrected chi connectivity index (χ1v) is 8.05. The lowest BCUT2D eigenvalue weighted by Crippen LogP contribution is -2.35. The number of carbonyl (C=O) groups excluding carboxylic acids is 1. The molecule has 2 rings (SSSR count). The fourth-order valence-corrected chi connectivity index (χ4v) is 3.25. The molecule has 0 bridgehead atoms. The Kier molecular flexibility index (Phi) is 4.29. The van der Waals surface area contributed by atoms with E-state index in [2.05, 4.69) is 5.32 Å². The summed E-state index contributed by atoms with van der Waals surface area (Å²) in [5.74, 6) is -0.0982. The molecule has 0 saturated heterocycles. The van der Waals surface area contributed by atoms with Crippen LogP contribution in [0.15, 0.2) is 30.3 Å². The first-order valence-electron chi connectivity index (χ1n) is 6.34. The molecule has 1 saturated carbocycles. The van der Waals surface area contributed by atoms with E-state index in [9.17, 15) is 13.2 Å². The van der Waals surface area contributed by atoms with E-state index < -0.39 is 21.5 Å². The van der Waals surface area contributed by atoms with E-state index in [1.807, 2.05) is 30.3 Å². The fraction of sp³-hybridized carbons (Fsp3) is 0.462. The van der Waals surface area contributed by atoms with Gasteiger partial charge in [-0.2, -0.15) is 0 Å². The maximum absolute atomic E-state index is 11.5. The molecule has 1 aromatic carbocycles. The second-order valence-electron chi connectivity index (χ2n) is 5.22. The van der Waals surface area contributed by atoms with Gasteiger partial charge in [-0.3, -0.25) is 0 Å². The molecule has 0 spiro atoms. The summed E-state index contributed by atoms with van der Waals surface area (Å²) in [6.45, 7) is 0.464. The van der Waals surface area contributed by atoms with Gasteiger partial charge in [0.15, 0.2) is 0 Å². The Hall–Kier alpha value is -1.60. The predicted octanol–water partition coefficient (Wildman–Crippen LogP) is 0.982. The lowest BCUT2D eigenvalue weighted by atomic mass is 10.1. The van der Waals surface area contributed by atoms with Gasteiger partial charge in [-0.1, -0.05) is 30.3 Å². The third kappa shape index (κ3) is 4.82. The molecule has 110 valence electrons.